The van der Waals surface area contributed by atoms with Crippen LogP contribution in [0.1, 0.15) is 58.8 Å². The van der Waals surface area contributed by atoms with Gasteiger partial charge >= 0.3 is 0 Å². The molecular weight excluding hydrogens is 224 g/mol. The Morgan fingerprint density at radius 3 is 2.44 bits per heavy atom. The SMILES string of the molecule is C[C@@H]1CC2NN(C3CCCCCC3)NNC2[C@@H]1C. The van der Waals surface area contributed by atoms with Crippen LogP contribution in [-0.2, 0) is 0 Å². The summed E-state index contributed by atoms with van der Waals surface area (Å²) in [6, 6.07) is 1.86. The summed E-state index contributed by atoms with van der Waals surface area (Å²) in [5.41, 5.74) is 10.7. The molecule has 0 aromatic rings. The zero-order valence-corrected chi connectivity index (χ0v) is 11.8. The molecule has 0 bridgehead atoms. The van der Waals surface area contributed by atoms with E-state index in [2.05, 4.69) is 35.4 Å². The Kier molecular flexibility index (Phi) is 3.89. The highest BCUT2D eigenvalue weighted by molar-refractivity contribution is 4.97. The van der Waals surface area contributed by atoms with E-state index in [4.69, 9.17) is 0 Å². The molecule has 3 rings (SSSR count). The predicted octanol–water partition coefficient (Wildman–Crippen LogP) is 1.95. The Hall–Kier alpha value is -0.160. The average Bonchev–Trinajstić information content (AvgIpc) is 2.61. The largest absolute Gasteiger partial charge is 0.238 e. The molecule has 0 radical (unpaired) electrons. The predicted molar refractivity (Wildman–Crippen MR) is 73.3 cm³/mol. The van der Waals surface area contributed by atoms with Crippen molar-refractivity contribution in [2.24, 2.45) is 11.8 Å². The van der Waals surface area contributed by atoms with Crippen molar-refractivity contribution >= 4 is 0 Å². The number of hydrogen-bond donors (Lipinski definition) is 3. The second kappa shape index (κ2) is 5.45. The molecule has 4 nitrogen and oxygen atoms in total. The quantitative estimate of drug-likeness (QED) is 0.624. The van der Waals surface area contributed by atoms with Crippen molar-refractivity contribution in [3.8, 4) is 0 Å². The molecule has 104 valence electrons. The van der Waals surface area contributed by atoms with Gasteiger partial charge in [0.2, 0.25) is 0 Å². The number of nitrogens with one attached hydrogen (secondary N) is 3. The second-order valence-corrected chi connectivity index (χ2v) is 6.61. The van der Waals surface area contributed by atoms with E-state index in [0.717, 1.165) is 11.8 Å². The van der Waals surface area contributed by atoms with E-state index in [9.17, 15) is 0 Å². The summed E-state index contributed by atoms with van der Waals surface area (Å²) in [6.45, 7) is 4.75. The Balaban J connectivity index is 1.60. The maximum atomic E-state index is 3.73. The van der Waals surface area contributed by atoms with Gasteiger partial charge in [0.15, 0.2) is 0 Å². The highest BCUT2D eigenvalue weighted by atomic mass is 15.9. The molecule has 0 aromatic heterocycles. The fraction of sp³-hybridized carbons (Fsp3) is 1.00. The normalized spacial score (nSPS) is 43.7. The van der Waals surface area contributed by atoms with Gasteiger partial charge in [-0.05, 0) is 31.1 Å². The maximum Gasteiger partial charge on any atom is 0.0422 e. The van der Waals surface area contributed by atoms with Crippen molar-refractivity contribution in [1.29, 1.82) is 0 Å². The summed E-state index contributed by atoms with van der Waals surface area (Å²) in [4.78, 5) is 0. The lowest BCUT2D eigenvalue weighted by Crippen LogP contribution is -2.71. The minimum absolute atomic E-state index is 0.585. The molecule has 1 aliphatic heterocycles. The Labute approximate surface area is 111 Å². The lowest BCUT2D eigenvalue weighted by molar-refractivity contribution is -0.0379. The molecule has 2 saturated carbocycles. The summed E-state index contributed by atoms with van der Waals surface area (Å²) in [6.07, 6.45) is 9.53. The van der Waals surface area contributed by atoms with E-state index >= 15 is 0 Å². The molecule has 18 heavy (non-hydrogen) atoms. The first kappa shape index (κ1) is 12.9. The molecule has 3 fully saturated rings. The van der Waals surface area contributed by atoms with Crippen LogP contribution < -0.4 is 16.4 Å². The summed E-state index contributed by atoms with van der Waals surface area (Å²) in [5, 5.41) is 2.28. The Morgan fingerprint density at radius 1 is 1.00 bits per heavy atom. The average molecular weight is 252 g/mol. The first-order valence-electron chi connectivity index (χ1n) is 7.82. The van der Waals surface area contributed by atoms with Crippen LogP contribution in [0.5, 0.6) is 0 Å². The first-order chi connectivity index (χ1) is 8.75. The molecule has 2 unspecified atom stereocenters. The lowest BCUT2D eigenvalue weighted by Gasteiger charge is -2.42. The van der Waals surface area contributed by atoms with Gasteiger partial charge in [-0.3, -0.25) is 0 Å². The van der Waals surface area contributed by atoms with E-state index < -0.39 is 0 Å². The van der Waals surface area contributed by atoms with Gasteiger partial charge in [-0.25, -0.2) is 10.9 Å². The van der Waals surface area contributed by atoms with E-state index in [0.29, 0.717) is 18.1 Å². The van der Waals surface area contributed by atoms with E-state index in [1.165, 1.54) is 44.9 Å². The zero-order chi connectivity index (χ0) is 12.5. The number of nitrogens with zero attached hydrogens (tertiary/aromatic N) is 1. The minimum Gasteiger partial charge on any atom is -0.238 e. The fourth-order valence-electron chi connectivity index (χ4n) is 3.91. The van der Waals surface area contributed by atoms with Crippen LogP contribution in [0, 0.1) is 11.8 Å². The molecular formula is C14H28N4. The molecule has 2 aliphatic carbocycles. The van der Waals surface area contributed by atoms with Crippen molar-refractivity contribution in [3.63, 3.8) is 0 Å². The lowest BCUT2D eigenvalue weighted by atomic mass is 9.98. The van der Waals surface area contributed by atoms with Gasteiger partial charge in [-0.15, -0.1) is 0 Å². The van der Waals surface area contributed by atoms with E-state index in [1.807, 2.05) is 0 Å². The summed E-state index contributed by atoms with van der Waals surface area (Å²) in [5.74, 6) is 1.57. The first-order valence-corrected chi connectivity index (χ1v) is 7.82. The fourth-order valence-corrected chi connectivity index (χ4v) is 3.91. The van der Waals surface area contributed by atoms with Crippen molar-refractivity contribution in [2.75, 3.05) is 0 Å². The van der Waals surface area contributed by atoms with E-state index in [1.54, 1.807) is 0 Å². The van der Waals surface area contributed by atoms with Gasteiger partial charge in [0, 0.05) is 18.1 Å². The zero-order valence-electron chi connectivity index (χ0n) is 11.8. The highest BCUT2D eigenvalue weighted by Gasteiger charge is 2.42. The van der Waals surface area contributed by atoms with Gasteiger partial charge < -0.3 is 0 Å². The van der Waals surface area contributed by atoms with Crippen LogP contribution in [0.4, 0.5) is 0 Å². The van der Waals surface area contributed by atoms with Gasteiger partial charge in [-0.2, -0.15) is 10.7 Å². The molecule has 0 amide bonds. The standard InChI is InChI=1S/C14H28N4/c1-10-9-13-14(11(10)2)15-17-18(16-13)12-7-5-3-4-6-8-12/h10-17H,3-9H2,1-2H3/t10-,11-,13?,14?/m1/s1. The van der Waals surface area contributed by atoms with Crippen LogP contribution in [0.3, 0.4) is 0 Å². The topological polar surface area (TPSA) is 39.3 Å². The maximum absolute atomic E-state index is 3.73. The third kappa shape index (κ3) is 2.44. The van der Waals surface area contributed by atoms with Crippen molar-refractivity contribution in [3.05, 3.63) is 0 Å². The Bertz CT molecular complexity index is 275. The number of hydrazine groups is 3. The molecule has 0 spiro atoms. The summed E-state index contributed by atoms with van der Waals surface area (Å²) < 4.78 is 0. The van der Waals surface area contributed by atoms with Gasteiger partial charge in [0.05, 0.1) is 0 Å². The summed E-state index contributed by atoms with van der Waals surface area (Å²) >= 11 is 0. The highest BCUT2D eigenvalue weighted by Crippen LogP contribution is 2.33. The van der Waals surface area contributed by atoms with Crippen LogP contribution >= 0.6 is 0 Å². The molecule has 3 aliphatic rings. The van der Waals surface area contributed by atoms with Gasteiger partial charge in [0.1, 0.15) is 0 Å². The monoisotopic (exact) mass is 252 g/mol. The number of fused-ring (bicyclic) bond motifs is 1. The third-order valence-corrected chi connectivity index (χ3v) is 5.37. The van der Waals surface area contributed by atoms with Gasteiger partial charge in [0.25, 0.3) is 0 Å². The molecule has 0 aromatic carbocycles. The molecule has 4 heteroatoms. The van der Waals surface area contributed by atoms with E-state index in [-0.39, 0.29) is 0 Å². The van der Waals surface area contributed by atoms with Crippen LogP contribution in [0.2, 0.25) is 0 Å². The number of rotatable bonds is 1. The van der Waals surface area contributed by atoms with Crippen LogP contribution in [0.25, 0.3) is 0 Å². The van der Waals surface area contributed by atoms with Crippen molar-refractivity contribution in [1.82, 2.24) is 21.5 Å². The second-order valence-electron chi connectivity index (χ2n) is 6.61. The van der Waals surface area contributed by atoms with Crippen molar-refractivity contribution < 1.29 is 0 Å². The third-order valence-electron chi connectivity index (χ3n) is 5.37. The molecule has 4 atom stereocenters. The van der Waals surface area contributed by atoms with Crippen LogP contribution in [0.15, 0.2) is 0 Å². The molecule has 3 N–H and O–H groups in total. The van der Waals surface area contributed by atoms with Crippen LogP contribution in [-0.4, -0.2) is 23.2 Å². The smallest absolute Gasteiger partial charge is 0.0422 e. The van der Waals surface area contributed by atoms with Gasteiger partial charge in [-0.1, -0.05) is 39.5 Å². The molecule has 1 saturated heterocycles. The van der Waals surface area contributed by atoms with Crippen molar-refractivity contribution in [2.45, 2.75) is 76.9 Å². The Morgan fingerprint density at radius 2 is 1.72 bits per heavy atom. The summed E-state index contributed by atoms with van der Waals surface area (Å²) in [7, 11) is 0. The molecule has 1 heterocycles. The number of hydrogen-bond acceptors (Lipinski definition) is 4. The minimum atomic E-state index is 0.585.